The van der Waals surface area contributed by atoms with E-state index < -0.39 is 11.7 Å². The molecule has 222 valence electrons. The van der Waals surface area contributed by atoms with Crippen LogP contribution in [-0.4, -0.2) is 30.2 Å². The Hall–Kier alpha value is -3.12. The van der Waals surface area contributed by atoms with Crippen molar-refractivity contribution in [1.82, 2.24) is 4.98 Å². The fraction of sp³-hybridized carbons (Fsp3) is 0.486. The molecule has 2 aromatic carbocycles. The summed E-state index contributed by atoms with van der Waals surface area (Å²) >= 11 is 6.26. The Kier molecular flexibility index (Phi) is 8.19. The largest absolute Gasteiger partial charge is 0.493 e. The molecule has 3 aliphatic carbocycles. The van der Waals surface area contributed by atoms with E-state index in [0.29, 0.717) is 48.4 Å². The molecule has 1 spiro atoms. The summed E-state index contributed by atoms with van der Waals surface area (Å²) in [5.41, 5.74) is 4.37. The lowest BCUT2D eigenvalue weighted by Gasteiger charge is -2.47. The lowest BCUT2D eigenvalue weighted by molar-refractivity contribution is -0.148. The molecular formula is C35H40ClFN2O3. The van der Waals surface area contributed by atoms with Crippen LogP contribution in [0.2, 0.25) is 5.02 Å². The zero-order chi connectivity index (χ0) is 29.3. The number of carbonyl (C=O) groups is 1. The molecule has 0 amide bonds. The van der Waals surface area contributed by atoms with Gasteiger partial charge in [-0.1, -0.05) is 48.9 Å². The number of esters is 1. The van der Waals surface area contributed by atoms with Gasteiger partial charge in [0.2, 0.25) is 0 Å². The number of methoxy groups -OCH3 is 1. The molecule has 0 bridgehead atoms. The van der Waals surface area contributed by atoms with E-state index in [9.17, 15) is 9.18 Å². The Morgan fingerprint density at radius 2 is 1.95 bits per heavy atom. The average molecular weight is 591 g/mol. The molecule has 6 rings (SSSR count). The number of halogens is 2. The number of pyridine rings is 1. The molecule has 1 fully saturated rings. The number of rotatable bonds is 8. The van der Waals surface area contributed by atoms with Crippen LogP contribution in [0.3, 0.4) is 0 Å². The van der Waals surface area contributed by atoms with E-state index in [1.165, 1.54) is 18.2 Å². The number of alkyl halides is 1. The third-order valence-electron chi connectivity index (χ3n) is 10.0. The van der Waals surface area contributed by atoms with Crippen LogP contribution in [0.25, 0.3) is 0 Å². The van der Waals surface area contributed by atoms with Crippen LogP contribution in [-0.2, 0) is 27.8 Å². The minimum Gasteiger partial charge on any atom is -0.493 e. The van der Waals surface area contributed by atoms with Crippen molar-refractivity contribution in [3.05, 3.63) is 88.2 Å². The summed E-state index contributed by atoms with van der Waals surface area (Å²) in [5.74, 6) is 1.31. The van der Waals surface area contributed by atoms with Crippen molar-refractivity contribution in [3.63, 3.8) is 0 Å². The molecule has 0 saturated heterocycles. The molecule has 3 aliphatic rings. The van der Waals surface area contributed by atoms with Crippen molar-refractivity contribution < 1.29 is 18.7 Å². The zero-order valence-corrected chi connectivity index (χ0v) is 25.3. The van der Waals surface area contributed by atoms with E-state index in [4.69, 9.17) is 21.1 Å². The van der Waals surface area contributed by atoms with Crippen molar-refractivity contribution in [3.8, 4) is 5.75 Å². The molecular weight excluding hydrogens is 551 g/mol. The van der Waals surface area contributed by atoms with Gasteiger partial charge in [0.15, 0.2) is 0 Å². The quantitative estimate of drug-likeness (QED) is 0.268. The van der Waals surface area contributed by atoms with Gasteiger partial charge < -0.3 is 14.8 Å². The summed E-state index contributed by atoms with van der Waals surface area (Å²) < 4.78 is 26.2. The first kappa shape index (κ1) is 29.0. The van der Waals surface area contributed by atoms with E-state index in [1.807, 2.05) is 30.3 Å². The first-order valence-electron chi connectivity index (χ1n) is 15.3. The van der Waals surface area contributed by atoms with Gasteiger partial charge in [-0.2, -0.15) is 0 Å². The second-order valence-corrected chi connectivity index (χ2v) is 13.0. The fourth-order valence-corrected chi connectivity index (χ4v) is 8.11. The summed E-state index contributed by atoms with van der Waals surface area (Å²) in [5, 5.41) is 4.16. The number of nitrogens with one attached hydrogen (secondary N) is 1. The summed E-state index contributed by atoms with van der Waals surface area (Å²) in [7, 11) is 1.47. The predicted molar refractivity (Wildman–Crippen MR) is 164 cm³/mol. The monoisotopic (exact) mass is 590 g/mol. The number of ether oxygens (including phenoxy) is 2. The van der Waals surface area contributed by atoms with E-state index in [-0.39, 0.29) is 11.4 Å². The van der Waals surface area contributed by atoms with Crippen LogP contribution in [0.5, 0.6) is 5.75 Å². The third kappa shape index (κ3) is 5.39. The molecule has 3 aromatic rings. The second kappa shape index (κ2) is 11.9. The molecule has 5 nitrogen and oxygen atoms in total. The van der Waals surface area contributed by atoms with Gasteiger partial charge in [0.1, 0.15) is 17.5 Å². The minimum atomic E-state index is -0.997. The highest BCUT2D eigenvalue weighted by molar-refractivity contribution is 6.30. The Morgan fingerprint density at radius 1 is 1.14 bits per heavy atom. The zero-order valence-electron chi connectivity index (χ0n) is 24.5. The van der Waals surface area contributed by atoms with E-state index in [1.54, 1.807) is 6.20 Å². The van der Waals surface area contributed by atoms with E-state index in [0.717, 1.165) is 55.5 Å². The summed E-state index contributed by atoms with van der Waals surface area (Å²) in [6, 6.07) is 18.3. The molecule has 1 saturated carbocycles. The third-order valence-corrected chi connectivity index (χ3v) is 10.3. The SMILES string of the molecule is COC(=O)C1(Nc2cccc(Cl)c2)CCC2(CC1)c1ccccc1C[C@@H]2C[C@@H](C)COc1ccnc2c1CCC[C@@H]2F. The number of anilines is 1. The van der Waals surface area contributed by atoms with Gasteiger partial charge in [0.25, 0.3) is 0 Å². The highest BCUT2D eigenvalue weighted by Gasteiger charge is 2.54. The molecule has 1 N–H and O–H groups in total. The lowest BCUT2D eigenvalue weighted by Crippen LogP contribution is -2.53. The fourth-order valence-electron chi connectivity index (χ4n) is 7.92. The highest BCUT2D eigenvalue weighted by Crippen LogP contribution is 2.56. The second-order valence-electron chi connectivity index (χ2n) is 12.6. The van der Waals surface area contributed by atoms with Crippen LogP contribution in [0.1, 0.15) is 80.4 Å². The highest BCUT2D eigenvalue weighted by atomic mass is 35.5. The van der Waals surface area contributed by atoms with Gasteiger partial charge in [-0.15, -0.1) is 0 Å². The molecule has 0 radical (unpaired) electrons. The Morgan fingerprint density at radius 3 is 2.74 bits per heavy atom. The molecule has 7 heteroatoms. The average Bonchev–Trinajstić information content (AvgIpc) is 3.29. The maximum Gasteiger partial charge on any atom is 0.331 e. The maximum absolute atomic E-state index is 14.5. The van der Waals surface area contributed by atoms with Crippen molar-refractivity contribution in [1.29, 1.82) is 0 Å². The standard InChI is InChI=1S/C35H40ClFN2O3/c1-23(22-42-31-13-18-38-32-28(31)10-6-12-30(32)37)19-25-20-24-7-3-4-11-29(24)34(25)14-16-35(17-15-34,33(40)41-2)39-27-9-5-8-26(36)21-27/h3-5,7-9,11,13,18,21,23,25,30,39H,6,10,12,14-17,19-20,22H2,1-2H3/t23-,25+,30+,34?,35?/m1/s1. The van der Waals surface area contributed by atoms with Gasteiger partial charge in [0, 0.05) is 22.5 Å². The van der Waals surface area contributed by atoms with Crippen molar-refractivity contribution >= 4 is 23.3 Å². The van der Waals surface area contributed by atoms with Crippen molar-refractivity contribution in [2.24, 2.45) is 11.8 Å². The first-order valence-corrected chi connectivity index (χ1v) is 15.7. The van der Waals surface area contributed by atoms with Crippen LogP contribution < -0.4 is 10.1 Å². The maximum atomic E-state index is 14.5. The Balaban J connectivity index is 1.20. The van der Waals surface area contributed by atoms with Gasteiger partial charge in [-0.05, 0) is 110 Å². The van der Waals surface area contributed by atoms with Gasteiger partial charge in [-0.25, -0.2) is 9.18 Å². The number of hydrogen-bond acceptors (Lipinski definition) is 5. The van der Waals surface area contributed by atoms with Crippen LogP contribution in [0.4, 0.5) is 10.1 Å². The summed E-state index contributed by atoms with van der Waals surface area (Å²) in [4.78, 5) is 17.6. The van der Waals surface area contributed by atoms with Gasteiger partial charge >= 0.3 is 5.97 Å². The molecule has 1 heterocycles. The molecule has 42 heavy (non-hydrogen) atoms. The number of fused-ring (bicyclic) bond motifs is 3. The minimum absolute atomic E-state index is 0.00430. The number of nitrogens with zero attached hydrogens (tertiary/aromatic N) is 1. The predicted octanol–water partition coefficient (Wildman–Crippen LogP) is 8.20. The van der Waals surface area contributed by atoms with Gasteiger partial charge in [0.05, 0.1) is 19.4 Å². The van der Waals surface area contributed by atoms with Crippen LogP contribution in [0.15, 0.2) is 60.8 Å². The van der Waals surface area contributed by atoms with E-state index >= 15 is 0 Å². The molecule has 3 atom stereocenters. The summed E-state index contributed by atoms with van der Waals surface area (Å²) in [6.45, 7) is 2.84. The molecule has 1 aromatic heterocycles. The van der Waals surface area contributed by atoms with Crippen LogP contribution in [0, 0.1) is 11.8 Å². The van der Waals surface area contributed by atoms with Crippen LogP contribution >= 0.6 is 11.6 Å². The Bertz CT molecular complexity index is 1440. The van der Waals surface area contributed by atoms with Crippen molar-refractivity contribution in [2.75, 3.05) is 19.0 Å². The smallest absolute Gasteiger partial charge is 0.331 e. The number of carbonyl (C=O) groups excluding carboxylic acids is 1. The number of benzene rings is 2. The first-order chi connectivity index (χ1) is 20.3. The van der Waals surface area contributed by atoms with E-state index in [2.05, 4.69) is 41.5 Å². The number of aromatic nitrogens is 1. The molecule has 0 unspecified atom stereocenters. The number of hydrogen-bond donors (Lipinski definition) is 1. The normalized spacial score (nSPS) is 27.1. The van der Waals surface area contributed by atoms with Gasteiger partial charge in [-0.3, -0.25) is 4.98 Å². The topological polar surface area (TPSA) is 60.5 Å². The van der Waals surface area contributed by atoms with Crippen molar-refractivity contribution in [2.45, 2.75) is 81.8 Å². The molecule has 0 aliphatic heterocycles. The lowest BCUT2D eigenvalue weighted by atomic mass is 9.59. The summed E-state index contributed by atoms with van der Waals surface area (Å²) in [6.07, 6.45) is 8.04. The Labute approximate surface area is 253 Å².